The summed E-state index contributed by atoms with van der Waals surface area (Å²) in [5.74, 6) is 0. The van der Waals surface area contributed by atoms with E-state index in [-0.39, 0.29) is 0 Å². The molecule has 1 aliphatic carbocycles. The molecule has 1 aliphatic rings. The van der Waals surface area contributed by atoms with Gasteiger partial charge in [-0.1, -0.05) is 24.3 Å². The van der Waals surface area contributed by atoms with Gasteiger partial charge in [0.15, 0.2) is 0 Å². The number of aryl methyl sites for hydroxylation is 2. The van der Waals surface area contributed by atoms with Crippen molar-refractivity contribution in [3.63, 3.8) is 0 Å². The molecule has 33 heavy (non-hydrogen) atoms. The molecule has 4 heteroatoms. The fraction of sp³-hybridized carbons (Fsp3) is 0.172. The Balaban J connectivity index is 1.53. The van der Waals surface area contributed by atoms with Gasteiger partial charge in [-0.3, -0.25) is 0 Å². The third kappa shape index (κ3) is 4.05. The van der Waals surface area contributed by atoms with E-state index in [0.717, 1.165) is 12.8 Å². The number of benzene rings is 2. The third-order valence-corrected chi connectivity index (χ3v) is 8.50. The number of hydrogen-bond acceptors (Lipinski definition) is 4. The summed E-state index contributed by atoms with van der Waals surface area (Å²) in [6.45, 7) is 4.44. The minimum absolute atomic E-state index is 0.694. The molecule has 0 atom stereocenters. The Morgan fingerprint density at radius 1 is 0.636 bits per heavy atom. The van der Waals surface area contributed by atoms with Crippen molar-refractivity contribution in [1.29, 1.82) is 10.5 Å². The molecule has 2 aromatic heterocycles. The molecule has 0 N–H and O–H groups in total. The Kier molecular flexibility index (Phi) is 5.73. The molecule has 0 spiro atoms. The molecule has 0 unspecified atom stereocenters. The van der Waals surface area contributed by atoms with E-state index in [1.807, 2.05) is 71.2 Å². The van der Waals surface area contributed by atoms with Crippen LogP contribution >= 0.6 is 22.7 Å². The molecule has 160 valence electrons. The van der Waals surface area contributed by atoms with Gasteiger partial charge in [0.05, 0.1) is 23.3 Å². The van der Waals surface area contributed by atoms with Gasteiger partial charge in [-0.2, -0.15) is 10.5 Å². The molecular formula is C29H22N2S2. The molecule has 0 saturated carbocycles. The van der Waals surface area contributed by atoms with Crippen LogP contribution in [0.2, 0.25) is 0 Å². The molecule has 0 radical (unpaired) electrons. The van der Waals surface area contributed by atoms with Gasteiger partial charge < -0.3 is 0 Å². The van der Waals surface area contributed by atoms with Gasteiger partial charge in [0.1, 0.15) is 0 Å². The van der Waals surface area contributed by atoms with Gasteiger partial charge in [-0.05, 0) is 103 Å². The predicted octanol–water partition coefficient (Wildman–Crippen LogP) is 8.60. The van der Waals surface area contributed by atoms with E-state index >= 15 is 0 Å². The quantitative estimate of drug-likeness (QED) is 0.305. The molecule has 2 heterocycles. The van der Waals surface area contributed by atoms with Crippen LogP contribution in [0.1, 0.15) is 51.3 Å². The summed E-state index contributed by atoms with van der Waals surface area (Å²) in [5.41, 5.74) is 9.44. The molecule has 0 aliphatic heterocycles. The minimum atomic E-state index is 0.694. The highest BCUT2D eigenvalue weighted by Gasteiger charge is 2.23. The normalized spacial score (nSPS) is 13.2. The monoisotopic (exact) mass is 462 g/mol. The maximum absolute atomic E-state index is 9.08. The zero-order valence-corrected chi connectivity index (χ0v) is 20.2. The van der Waals surface area contributed by atoms with E-state index in [4.69, 9.17) is 10.5 Å². The fourth-order valence-corrected chi connectivity index (χ4v) is 6.71. The number of hydrogen-bond donors (Lipinski definition) is 0. The lowest BCUT2D eigenvalue weighted by molar-refractivity contribution is 0.941. The van der Waals surface area contributed by atoms with E-state index in [1.54, 1.807) is 0 Å². The summed E-state index contributed by atoms with van der Waals surface area (Å²) < 4.78 is 0. The van der Waals surface area contributed by atoms with Gasteiger partial charge in [-0.25, -0.2) is 0 Å². The predicted molar refractivity (Wildman–Crippen MR) is 139 cm³/mol. The van der Waals surface area contributed by atoms with E-state index in [9.17, 15) is 0 Å². The van der Waals surface area contributed by atoms with Crippen molar-refractivity contribution >= 4 is 33.8 Å². The third-order valence-electron chi connectivity index (χ3n) is 6.30. The Labute approximate surface area is 202 Å². The van der Waals surface area contributed by atoms with Crippen molar-refractivity contribution in [2.75, 3.05) is 0 Å². The maximum Gasteiger partial charge on any atom is 0.0991 e. The highest BCUT2D eigenvalue weighted by molar-refractivity contribution is 7.16. The van der Waals surface area contributed by atoms with Crippen LogP contribution in [0.15, 0.2) is 60.7 Å². The lowest BCUT2D eigenvalue weighted by Gasteiger charge is -2.07. The fourth-order valence-electron chi connectivity index (χ4n) is 4.60. The van der Waals surface area contributed by atoms with Crippen LogP contribution in [-0.2, 0) is 0 Å². The van der Waals surface area contributed by atoms with Crippen molar-refractivity contribution in [2.45, 2.75) is 33.1 Å². The number of nitrogens with zero attached hydrogens (tertiary/aromatic N) is 2. The average Bonchev–Trinajstić information content (AvgIpc) is 3.57. The lowest BCUT2D eigenvalue weighted by atomic mass is 9.96. The summed E-state index contributed by atoms with van der Waals surface area (Å²) in [6, 6.07) is 24.8. The first-order valence-corrected chi connectivity index (χ1v) is 12.7. The molecule has 0 amide bonds. The zero-order valence-electron chi connectivity index (χ0n) is 18.6. The van der Waals surface area contributed by atoms with Gasteiger partial charge in [0.2, 0.25) is 0 Å². The first kappa shape index (κ1) is 21.4. The largest absolute Gasteiger partial charge is 0.192 e. The van der Waals surface area contributed by atoms with Crippen LogP contribution in [0.5, 0.6) is 0 Å². The van der Waals surface area contributed by atoms with E-state index in [2.05, 4.69) is 38.1 Å². The summed E-state index contributed by atoms with van der Waals surface area (Å²) in [5, 5.41) is 18.2. The van der Waals surface area contributed by atoms with Crippen LogP contribution in [-0.4, -0.2) is 0 Å². The SMILES string of the molecule is Cc1sc(-c2ccc(C#N)cc2)cc1C1=C(c2cc(-c3ccc(C#N)cc3)sc2C)CCC1. The van der Waals surface area contributed by atoms with Crippen molar-refractivity contribution in [1.82, 2.24) is 0 Å². The van der Waals surface area contributed by atoms with Gasteiger partial charge >= 0.3 is 0 Å². The Bertz CT molecular complexity index is 1340. The van der Waals surface area contributed by atoms with Crippen molar-refractivity contribution in [2.24, 2.45) is 0 Å². The Morgan fingerprint density at radius 3 is 1.39 bits per heavy atom. The number of thiophene rings is 2. The molecule has 0 saturated heterocycles. The van der Waals surface area contributed by atoms with Gasteiger partial charge in [0.25, 0.3) is 0 Å². The second-order valence-electron chi connectivity index (χ2n) is 8.35. The number of rotatable bonds is 4. The molecule has 2 nitrogen and oxygen atoms in total. The highest BCUT2D eigenvalue weighted by Crippen LogP contribution is 2.47. The number of nitriles is 2. The van der Waals surface area contributed by atoms with E-state index in [0.29, 0.717) is 11.1 Å². The molecular weight excluding hydrogens is 440 g/mol. The zero-order chi connectivity index (χ0) is 22.9. The maximum atomic E-state index is 9.08. The highest BCUT2D eigenvalue weighted by atomic mass is 32.1. The van der Waals surface area contributed by atoms with Crippen molar-refractivity contribution in [3.8, 4) is 33.0 Å². The average molecular weight is 463 g/mol. The van der Waals surface area contributed by atoms with Crippen LogP contribution < -0.4 is 0 Å². The topological polar surface area (TPSA) is 47.6 Å². The first-order chi connectivity index (χ1) is 16.1. The first-order valence-electron chi connectivity index (χ1n) is 11.0. The van der Waals surface area contributed by atoms with Gasteiger partial charge in [0, 0.05) is 19.5 Å². The minimum Gasteiger partial charge on any atom is -0.192 e. The smallest absolute Gasteiger partial charge is 0.0991 e. The van der Waals surface area contributed by atoms with E-state index in [1.165, 1.54) is 59.3 Å². The Hall–Kier alpha value is -3.44. The second-order valence-corrected chi connectivity index (χ2v) is 10.9. The summed E-state index contributed by atoms with van der Waals surface area (Å²) in [6.07, 6.45) is 3.41. The van der Waals surface area contributed by atoms with Crippen LogP contribution in [0.25, 0.3) is 32.0 Å². The van der Waals surface area contributed by atoms with Crippen molar-refractivity contribution < 1.29 is 0 Å². The van der Waals surface area contributed by atoms with Crippen LogP contribution in [0, 0.1) is 36.5 Å². The molecule has 0 bridgehead atoms. The molecule has 4 aromatic rings. The van der Waals surface area contributed by atoms with Crippen molar-refractivity contribution in [3.05, 3.63) is 92.7 Å². The summed E-state index contributed by atoms with van der Waals surface area (Å²) >= 11 is 3.67. The van der Waals surface area contributed by atoms with Gasteiger partial charge in [-0.15, -0.1) is 22.7 Å². The second kappa shape index (κ2) is 8.83. The Morgan fingerprint density at radius 2 is 1.03 bits per heavy atom. The molecule has 5 rings (SSSR count). The standard InChI is InChI=1S/C29H22N2S2/c1-18-26(14-28(32-18)22-10-6-20(16-30)7-11-22)24-4-3-5-25(24)27-15-29(33-19(27)2)23-12-8-21(17-31)9-13-23/h6-15H,3-5H2,1-2H3. The number of allylic oxidation sites excluding steroid dienone is 2. The van der Waals surface area contributed by atoms with E-state index < -0.39 is 0 Å². The lowest BCUT2D eigenvalue weighted by Crippen LogP contribution is -1.86. The molecule has 2 aromatic carbocycles. The summed E-state index contributed by atoms with van der Waals surface area (Å²) in [7, 11) is 0. The van der Waals surface area contributed by atoms with Crippen LogP contribution in [0.3, 0.4) is 0 Å². The molecule has 0 fully saturated rings. The van der Waals surface area contributed by atoms with Crippen LogP contribution in [0.4, 0.5) is 0 Å². The summed E-state index contributed by atoms with van der Waals surface area (Å²) in [4.78, 5) is 5.21.